The number of aromatic carboxylic acids is 1. The van der Waals surface area contributed by atoms with Crippen LogP contribution in [0.1, 0.15) is 15.9 Å². The fraction of sp³-hybridized carbons (Fsp3) is 0. The van der Waals surface area contributed by atoms with E-state index >= 15 is 0 Å². The summed E-state index contributed by atoms with van der Waals surface area (Å²) in [7, 11) is 0. The molecule has 0 aliphatic carbocycles. The number of rotatable bonds is 4. The van der Waals surface area contributed by atoms with Gasteiger partial charge in [0.2, 0.25) is 0 Å². The van der Waals surface area contributed by atoms with Crippen molar-refractivity contribution in [3.05, 3.63) is 70.3 Å². The second kappa shape index (κ2) is 7.25. The van der Waals surface area contributed by atoms with Crippen LogP contribution in [-0.2, 0) is 4.79 Å². The Kier molecular flexibility index (Phi) is 5.13. The van der Waals surface area contributed by atoms with Crippen LogP contribution in [0, 0.1) is 11.3 Å². The molecular formula is C17H11ClN2O3. The monoisotopic (exact) mass is 326 g/mol. The van der Waals surface area contributed by atoms with Gasteiger partial charge in [0.05, 0.1) is 5.56 Å². The highest BCUT2D eigenvalue weighted by molar-refractivity contribution is 6.31. The molecule has 114 valence electrons. The van der Waals surface area contributed by atoms with E-state index in [9.17, 15) is 9.59 Å². The molecule has 2 aromatic rings. The van der Waals surface area contributed by atoms with Crippen molar-refractivity contribution in [3.8, 4) is 6.07 Å². The first-order valence-corrected chi connectivity index (χ1v) is 6.89. The van der Waals surface area contributed by atoms with Gasteiger partial charge in [-0.15, -0.1) is 0 Å². The third kappa shape index (κ3) is 4.43. The van der Waals surface area contributed by atoms with Gasteiger partial charge in [-0.25, -0.2) is 4.79 Å². The first-order chi connectivity index (χ1) is 11.0. The molecule has 0 unspecified atom stereocenters. The Morgan fingerprint density at radius 3 is 2.43 bits per heavy atom. The number of carbonyl (C=O) groups excluding carboxylic acids is 1. The lowest BCUT2D eigenvalue weighted by molar-refractivity contribution is -0.112. The standard InChI is InChI=1S/C17H11ClN2O3/c18-14-2-1-3-15(9-14)20-16(21)13(10-19)8-11-4-6-12(7-5-11)17(22)23/h1-9H,(H,20,21)(H,22,23). The minimum atomic E-state index is -1.04. The number of hydrogen-bond donors (Lipinski definition) is 2. The van der Waals surface area contributed by atoms with Crippen molar-refractivity contribution in [3.63, 3.8) is 0 Å². The van der Waals surface area contributed by atoms with E-state index < -0.39 is 11.9 Å². The third-order valence-corrected chi connectivity index (χ3v) is 3.15. The summed E-state index contributed by atoms with van der Waals surface area (Å²) < 4.78 is 0. The quantitative estimate of drug-likeness (QED) is 0.663. The number of amides is 1. The number of halogens is 1. The van der Waals surface area contributed by atoms with Crippen LogP contribution in [0.4, 0.5) is 5.69 Å². The van der Waals surface area contributed by atoms with Gasteiger partial charge in [0.1, 0.15) is 11.6 Å². The Labute approximate surface area is 137 Å². The molecule has 2 aromatic carbocycles. The summed E-state index contributed by atoms with van der Waals surface area (Å²) in [6, 6.07) is 14.2. The van der Waals surface area contributed by atoms with Crippen molar-refractivity contribution in [1.82, 2.24) is 0 Å². The largest absolute Gasteiger partial charge is 0.478 e. The summed E-state index contributed by atoms with van der Waals surface area (Å²) in [5.41, 5.74) is 1.05. The van der Waals surface area contributed by atoms with Crippen molar-refractivity contribution in [2.24, 2.45) is 0 Å². The van der Waals surface area contributed by atoms with E-state index in [1.165, 1.54) is 30.3 Å². The molecule has 0 saturated heterocycles. The smallest absolute Gasteiger partial charge is 0.335 e. The fourth-order valence-electron chi connectivity index (χ4n) is 1.80. The van der Waals surface area contributed by atoms with Gasteiger partial charge in [-0.1, -0.05) is 29.8 Å². The molecular weight excluding hydrogens is 316 g/mol. The molecule has 0 bridgehead atoms. The zero-order valence-electron chi connectivity index (χ0n) is 11.8. The lowest BCUT2D eigenvalue weighted by Gasteiger charge is -2.04. The van der Waals surface area contributed by atoms with Crippen molar-refractivity contribution < 1.29 is 14.7 Å². The number of nitrogens with one attached hydrogen (secondary N) is 1. The van der Waals surface area contributed by atoms with E-state index in [4.69, 9.17) is 22.0 Å². The fourth-order valence-corrected chi connectivity index (χ4v) is 1.99. The predicted molar refractivity (Wildman–Crippen MR) is 87.1 cm³/mol. The first kappa shape index (κ1) is 16.3. The minimum Gasteiger partial charge on any atom is -0.478 e. The molecule has 0 fully saturated rings. The van der Waals surface area contributed by atoms with E-state index in [2.05, 4.69) is 5.32 Å². The number of anilines is 1. The average Bonchev–Trinajstić information content (AvgIpc) is 2.53. The second-order valence-corrected chi connectivity index (χ2v) is 5.00. The van der Waals surface area contributed by atoms with Gasteiger partial charge in [-0.05, 0) is 42.0 Å². The second-order valence-electron chi connectivity index (χ2n) is 4.56. The molecule has 23 heavy (non-hydrogen) atoms. The van der Waals surface area contributed by atoms with Crippen molar-refractivity contribution in [2.45, 2.75) is 0 Å². The Balaban J connectivity index is 2.19. The van der Waals surface area contributed by atoms with Crippen LogP contribution >= 0.6 is 11.6 Å². The highest BCUT2D eigenvalue weighted by Crippen LogP contribution is 2.16. The number of hydrogen-bond acceptors (Lipinski definition) is 3. The van der Waals surface area contributed by atoms with Crippen molar-refractivity contribution >= 4 is 35.2 Å². The van der Waals surface area contributed by atoms with E-state index in [0.717, 1.165) is 0 Å². The van der Waals surface area contributed by atoms with Crippen LogP contribution in [0.15, 0.2) is 54.1 Å². The van der Waals surface area contributed by atoms with Crippen LogP contribution in [0.5, 0.6) is 0 Å². The Morgan fingerprint density at radius 1 is 1.17 bits per heavy atom. The van der Waals surface area contributed by atoms with E-state index in [-0.39, 0.29) is 11.1 Å². The van der Waals surface area contributed by atoms with Gasteiger partial charge >= 0.3 is 5.97 Å². The van der Waals surface area contributed by atoms with Gasteiger partial charge in [0.15, 0.2) is 0 Å². The lowest BCUT2D eigenvalue weighted by Crippen LogP contribution is -2.13. The first-order valence-electron chi connectivity index (χ1n) is 6.51. The number of carboxylic acid groups (broad SMARTS) is 1. The molecule has 0 atom stereocenters. The summed E-state index contributed by atoms with van der Waals surface area (Å²) in [5, 5.41) is 21.0. The lowest BCUT2D eigenvalue weighted by atomic mass is 10.1. The molecule has 6 heteroatoms. The molecule has 0 aliphatic heterocycles. The van der Waals surface area contributed by atoms with Gasteiger partial charge in [0, 0.05) is 10.7 Å². The van der Waals surface area contributed by atoms with E-state index in [1.807, 2.05) is 6.07 Å². The van der Waals surface area contributed by atoms with E-state index in [1.54, 1.807) is 24.3 Å². The van der Waals surface area contributed by atoms with Crippen molar-refractivity contribution in [1.29, 1.82) is 5.26 Å². The summed E-state index contributed by atoms with van der Waals surface area (Å²) in [6.45, 7) is 0. The summed E-state index contributed by atoms with van der Waals surface area (Å²) in [5.74, 6) is -1.61. The number of benzene rings is 2. The zero-order valence-corrected chi connectivity index (χ0v) is 12.5. The number of nitriles is 1. The molecule has 0 aromatic heterocycles. The molecule has 0 radical (unpaired) electrons. The number of carbonyl (C=O) groups is 2. The highest BCUT2D eigenvalue weighted by atomic mass is 35.5. The van der Waals surface area contributed by atoms with Crippen molar-refractivity contribution in [2.75, 3.05) is 5.32 Å². The van der Waals surface area contributed by atoms with Crippen LogP contribution in [0.25, 0.3) is 6.08 Å². The Hall–Kier alpha value is -3.10. The van der Waals surface area contributed by atoms with Gasteiger partial charge in [0.25, 0.3) is 5.91 Å². The molecule has 0 spiro atoms. The summed E-state index contributed by atoms with van der Waals surface area (Å²) >= 11 is 5.83. The molecule has 1 amide bonds. The zero-order chi connectivity index (χ0) is 16.8. The maximum Gasteiger partial charge on any atom is 0.335 e. The summed E-state index contributed by atoms with van der Waals surface area (Å²) in [4.78, 5) is 22.9. The molecule has 5 nitrogen and oxygen atoms in total. The van der Waals surface area contributed by atoms with Crippen LogP contribution in [0.3, 0.4) is 0 Å². The Morgan fingerprint density at radius 2 is 1.87 bits per heavy atom. The molecule has 0 saturated carbocycles. The maximum absolute atomic E-state index is 12.1. The molecule has 2 rings (SSSR count). The SMILES string of the molecule is N#CC(=Cc1ccc(C(=O)O)cc1)C(=O)Nc1cccc(Cl)c1. The average molecular weight is 327 g/mol. The number of carboxylic acids is 1. The maximum atomic E-state index is 12.1. The van der Waals surface area contributed by atoms with E-state index in [0.29, 0.717) is 16.3 Å². The molecule has 0 heterocycles. The third-order valence-electron chi connectivity index (χ3n) is 2.92. The van der Waals surface area contributed by atoms with Crippen LogP contribution in [-0.4, -0.2) is 17.0 Å². The minimum absolute atomic E-state index is 0.104. The Bertz CT molecular complexity index is 820. The molecule has 2 N–H and O–H groups in total. The number of nitrogens with zero attached hydrogens (tertiary/aromatic N) is 1. The van der Waals surface area contributed by atoms with Crippen LogP contribution < -0.4 is 5.32 Å². The van der Waals surface area contributed by atoms with Crippen LogP contribution in [0.2, 0.25) is 5.02 Å². The normalized spacial score (nSPS) is 10.7. The van der Waals surface area contributed by atoms with Gasteiger partial charge in [-0.2, -0.15) is 5.26 Å². The van der Waals surface area contributed by atoms with Gasteiger partial charge < -0.3 is 10.4 Å². The molecule has 0 aliphatic rings. The topological polar surface area (TPSA) is 90.2 Å². The highest BCUT2D eigenvalue weighted by Gasteiger charge is 2.10. The predicted octanol–water partition coefficient (Wildman–Crippen LogP) is 3.58. The van der Waals surface area contributed by atoms with Gasteiger partial charge in [-0.3, -0.25) is 4.79 Å². The summed E-state index contributed by atoms with van der Waals surface area (Å²) in [6.07, 6.45) is 1.38.